The second kappa shape index (κ2) is 11.5. The van der Waals surface area contributed by atoms with E-state index in [-0.39, 0.29) is 26.2 Å². The number of aliphatic hydroxyl groups excluding tert-OH is 1. The van der Waals surface area contributed by atoms with Crippen molar-refractivity contribution < 1.29 is 24.2 Å². The molecule has 0 aliphatic heterocycles. The predicted molar refractivity (Wildman–Crippen MR) is 80.8 cm³/mol. The van der Waals surface area contributed by atoms with Gasteiger partial charge in [0.2, 0.25) is 0 Å². The van der Waals surface area contributed by atoms with Gasteiger partial charge in [-0.3, -0.25) is 9.59 Å². The smallest absolute Gasteiger partial charge is 0.323 e. The van der Waals surface area contributed by atoms with Crippen LogP contribution in [0.4, 0.5) is 0 Å². The van der Waals surface area contributed by atoms with Crippen LogP contribution in [0.1, 0.15) is 65.7 Å². The Balaban J connectivity index is 5.08. The molecule has 5 nitrogen and oxygen atoms in total. The lowest BCUT2D eigenvalue weighted by Gasteiger charge is -2.29. The van der Waals surface area contributed by atoms with Crippen molar-refractivity contribution >= 4 is 11.9 Å². The maximum Gasteiger partial charge on any atom is 0.323 e. The Morgan fingerprint density at radius 3 is 1.81 bits per heavy atom. The molecule has 0 atom stereocenters. The van der Waals surface area contributed by atoms with E-state index < -0.39 is 17.4 Å². The first-order chi connectivity index (χ1) is 10.1. The molecule has 124 valence electrons. The summed E-state index contributed by atoms with van der Waals surface area (Å²) in [6.45, 7) is 5.95. The Labute approximate surface area is 128 Å². The summed E-state index contributed by atoms with van der Waals surface area (Å²) in [4.78, 5) is 24.7. The van der Waals surface area contributed by atoms with Gasteiger partial charge in [0, 0.05) is 6.61 Å². The maximum atomic E-state index is 12.3. The van der Waals surface area contributed by atoms with Gasteiger partial charge >= 0.3 is 11.9 Å². The molecule has 0 rings (SSSR count). The van der Waals surface area contributed by atoms with Gasteiger partial charge in [-0.15, -0.1) is 0 Å². The molecular weight excluding hydrogens is 272 g/mol. The van der Waals surface area contributed by atoms with Crippen molar-refractivity contribution in [3.8, 4) is 0 Å². The SMILES string of the molecule is CCCCCCC(CCCO)(C(=O)OCC)C(=O)OCC. The van der Waals surface area contributed by atoms with Crippen molar-refractivity contribution in [2.75, 3.05) is 19.8 Å². The van der Waals surface area contributed by atoms with E-state index in [1.165, 1.54) is 0 Å². The molecule has 0 aliphatic carbocycles. The highest BCUT2D eigenvalue weighted by Gasteiger charge is 2.47. The first-order valence-corrected chi connectivity index (χ1v) is 8.04. The lowest BCUT2D eigenvalue weighted by molar-refractivity contribution is -0.173. The third-order valence-corrected chi connectivity index (χ3v) is 3.55. The van der Waals surface area contributed by atoms with Gasteiger partial charge in [0.15, 0.2) is 5.41 Å². The molecule has 1 N–H and O–H groups in total. The van der Waals surface area contributed by atoms with Crippen LogP contribution in [-0.2, 0) is 19.1 Å². The van der Waals surface area contributed by atoms with Crippen molar-refractivity contribution in [3.05, 3.63) is 0 Å². The standard InChI is InChI=1S/C16H30O5/c1-4-7-8-9-11-16(12-10-13-17,14(18)20-5-2)15(19)21-6-3/h17H,4-13H2,1-3H3. The number of ether oxygens (including phenoxy) is 2. The molecule has 0 heterocycles. The van der Waals surface area contributed by atoms with Crippen LogP contribution in [0.15, 0.2) is 0 Å². The first-order valence-electron chi connectivity index (χ1n) is 8.04. The number of carbonyl (C=O) groups excluding carboxylic acids is 2. The molecule has 21 heavy (non-hydrogen) atoms. The minimum absolute atomic E-state index is 0.0600. The second-order valence-corrected chi connectivity index (χ2v) is 5.16. The zero-order valence-electron chi connectivity index (χ0n) is 13.7. The summed E-state index contributed by atoms with van der Waals surface area (Å²) in [5.74, 6) is -1.04. The minimum atomic E-state index is -1.26. The van der Waals surface area contributed by atoms with Crippen LogP contribution >= 0.6 is 0 Å². The number of rotatable bonds is 12. The van der Waals surface area contributed by atoms with Crippen LogP contribution in [-0.4, -0.2) is 36.9 Å². The van der Waals surface area contributed by atoms with E-state index in [0.717, 1.165) is 25.7 Å². The molecule has 0 spiro atoms. The summed E-state index contributed by atoms with van der Waals surface area (Å²) in [5, 5.41) is 9.06. The number of esters is 2. The Morgan fingerprint density at radius 2 is 1.38 bits per heavy atom. The van der Waals surface area contributed by atoms with Crippen LogP contribution in [0.5, 0.6) is 0 Å². The third kappa shape index (κ3) is 6.46. The van der Waals surface area contributed by atoms with Gasteiger partial charge in [0.05, 0.1) is 13.2 Å². The molecule has 0 aromatic rings. The summed E-state index contributed by atoms with van der Waals surface area (Å²) in [6, 6.07) is 0. The van der Waals surface area contributed by atoms with Crippen molar-refractivity contribution in [3.63, 3.8) is 0 Å². The average molecular weight is 302 g/mol. The normalized spacial score (nSPS) is 11.2. The Bertz CT molecular complexity index is 283. The fraction of sp³-hybridized carbons (Fsp3) is 0.875. The highest BCUT2D eigenvalue weighted by Crippen LogP contribution is 2.34. The van der Waals surface area contributed by atoms with Crippen molar-refractivity contribution in [2.24, 2.45) is 5.41 Å². The summed E-state index contributed by atoms with van der Waals surface area (Å²) in [6.07, 6.45) is 4.97. The minimum Gasteiger partial charge on any atom is -0.465 e. The van der Waals surface area contributed by atoms with E-state index in [0.29, 0.717) is 12.8 Å². The van der Waals surface area contributed by atoms with E-state index in [2.05, 4.69) is 6.92 Å². The molecule has 0 unspecified atom stereocenters. The molecule has 0 saturated carbocycles. The molecule has 0 bridgehead atoms. The highest BCUT2D eigenvalue weighted by atomic mass is 16.6. The van der Waals surface area contributed by atoms with E-state index >= 15 is 0 Å². The van der Waals surface area contributed by atoms with Gasteiger partial charge in [0.25, 0.3) is 0 Å². The van der Waals surface area contributed by atoms with Gasteiger partial charge in [0.1, 0.15) is 0 Å². The summed E-state index contributed by atoms with van der Waals surface area (Å²) >= 11 is 0. The fourth-order valence-electron chi connectivity index (χ4n) is 2.39. The number of aliphatic hydroxyl groups is 1. The van der Waals surface area contributed by atoms with Crippen molar-refractivity contribution in [2.45, 2.75) is 65.7 Å². The summed E-state index contributed by atoms with van der Waals surface area (Å²) in [7, 11) is 0. The van der Waals surface area contributed by atoms with Crippen LogP contribution in [0.2, 0.25) is 0 Å². The van der Waals surface area contributed by atoms with Crippen molar-refractivity contribution in [1.82, 2.24) is 0 Å². The molecule has 5 heteroatoms. The second-order valence-electron chi connectivity index (χ2n) is 5.16. The van der Waals surface area contributed by atoms with Gasteiger partial charge in [-0.25, -0.2) is 0 Å². The largest absolute Gasteiger partial charge is 0.465 e. The third-order valence-electron chi connectivity index (χ3n) is 3.55. The Hall–Kier alpha value is -1.10. The molecular formula is C16H30O5. The van der Waals surface area contributed by atoms with Crippen LogP contribution < -0.4 is 0 Å². The molecule has 0 amide bonds. The lowest BCUT2D eigenvalue weighted by Crippen LogP contribution is -2.42. The van der Waals surface area contributed by atoms with Crippen LogP contribution in [0, 0.1) is 5.41 Å². The molecule has 0 radical (unpaired) electrons. The number of hydrogen-bond donors (Lipinski definition) is 1. The van der Waals surface area contributed by atoms with Gasteiger partial charge < -0.3 is 14.6 Å². The maximum absolute atomic E-state index is 12.3. The zero-order chi connectivity index (χ0) is 16.1. The number of hydrogen-bond acceptors (Lipinski definition) is 5. The summed E-state index contributed by atoms with van der Waals surface area (Å²) < 4.78 is 10.2. The zero-order valence-corrected chi connectivity index (χ0v) is 13.7. The van der Waals surface area contributed by atoms with E-state index in [4.69, 9.17) is 14.6 Å². The van der Waals surface area contributed by atoms with E-state index in [1.54, 1.807) is 13.8 Å². The number of carbonyl (C=O) groups is 2. The predicted octanol–water partition coefficient (Wildman–Crippen LogP) is 2.84. The van der Waals surface area contributed by atoms with E-state index in [9.17, 15) is 9.59 Å². The number of unbranched alkanes of at least 4 members (excludes halogenated alkanes) is 3. The highest BCUT2D eigenvalue weighted by molar-refractivity contribution is 6.00. The summed E-state index contributed by atoms with van der Waals surface area (Å²) in [5.41, 5.74) is -1.26. The van der Waals surface area contributed by atoms with E-state index in [1.807, 2.05) is 0 Å². The average Bonchev–Trinajstić information content (AvgIpc) is 2.47. The fourth-order valence-corrected chi connectivity index (χ4v) is 2.39. The molecule has 0 saturated heterocycles. The van der Waals surface area contributed by atoms with Crippen molar-refractivity contribution in [1.29, 1.82) is 0 Å². The molecule has 0 aromatic heterocycles. The lowest BCUT2D eigenvalue weighted by atomic mass is 9.78. The Kier molecular flexibility index (Phi) is 10.9. The molecule has 0 fully saturated rings. The molecule has 0 aromatic carbocycles. The van der Waals surface area contributed by atoms with Crippen LogP contribution in [0.3, 0.4) is 0 Å². The van der Waals surface area contributed by atoms with Gasteiger partial charge in [-0.2, -0.15) is 0 Å². The van der Waals surface area contributed by atoms with Gasteiger partial charge in [-0.1, -0.05) is 32.6 Å². The quantitative estimate of drug-likeness (QED) is 0.341. The first kappa shape index (κ1) is 19.9. The topological polar surface area (TPSA) is 72.8 Å². The van der Waals surface area contributed by atoms with Crippen LogP contribution in [0.25, 0.3) is 0 Å². The van der Waals surface area contributed by atoms with Gasteiger partial charge in [-0.05, 0) is 33.1 Å². The molecule has 0 aliphatic rings. The Morgan fingerprint density at radius 1 is 0.857 bits per heavy atom. The monoisotopic (exact) mass is 302 g/mol.